The average molecular weight is 470 g/mol. The monoisotopic (exact) mass is 469 g/mol. The molecule has 0 aliphatic carbocycles. The number of sulfonamides is 1. The molecule has 1 N–H and O–H groups in total. The van der Waals surface area contributed by atoms with Crippen LogP contribution in [0.2, 0.25) is 0 Å². The Balaban J connectivity index is 1.46. The number of fused-ring (bicyclic) bond motifs is 1. The van der Waals surface area contributed by atoms with E-state index in [0.717, 1.165) is 6.20 Å². The van der Waals surface area contributed by atoms with Crippen molar-refractivity contribution in [2.45, 2.75) is 17.9 Å². The number of aromatic nitrogens is 5. The van der Waals surface area contributed by atoms with Crippen LogP contribution in [-0.2, 0) is 10.0 Å². The second kappa shape index (κ2) is 8.05. The minimum absolute atomic E-state index is 0.0923. The van der Waals surface area contributed by atoms with Gasteiger partial charge in [-0.2, -0.15) is 14.5 Å². The van der Waals surface area contributed by atoms with Crippen LogP contribution in [0, 0.1) is 5.82 Å². The first-order chi connectivity index (χ1) is 15.9. The highest BCUT2D eigenvalue weighted by Gasteiger charge is 2.37. The molecule has 1 atom stereocenters. The van der Waals surface area contributed by atoms with Crippen molar-refractivity contribution >= 4 is 26.8 Å². The van der Waals surface area contributed by atoms with Gasteiger partial charge in [0.1, 0.15) is 4.90 Å². The lowest BCUT2D eigenvalue weighted by molar-refractivity contribution is 0.0642. The molecule has 1 aliphatic rings. The molecule has 1 amide bonds. The van der Waals surface area contributed by atoms with E-state index in [2.05, 4.69) is 20.2 Å². The lowest BCUT2D eigenvalue weighted by Gasteiger charge is -2.38. The van der Waals surface area contributed by atoms with E-state index in [9.17, 15) is 17.6 Å². The van der Waals surface area contributed by atoms with Crippen molar-refractivity contribution in [3.63, 3.8) is 0 Å². The van der Waals surface area contributed by atoms with Gasteiger partial charge in [-0.25, -0.2) is 17.8 Å². The molecular weight excluding hydrogens is 449 g/mol. The van der Waals surface area contributed by atoms with Crippen LogP contribution in [0.4, 0.5) is 4.39 Å². The van der Waals surface area contributed by atoms with Crippen LogP contribution in [0.25, 0.3) is 16.7 Å². The van der Waals surface area contributed by atoms with Gasteiger partial charge in [-0.05, 0) is 19.1 Å². The van der Waals surface area contributed by atoms with Crippen molar-refractivity contribution < 1.29 is 17.6 Å². The zero-order valence-corrected chi connectivity index (χ0v) is 18.4. The van der Waals surface area contributed by atoms with Gasteiger partial charge in [0.05, 0.1) is 29.5 Å². The van der Waals surface area contributed by atoms with Crippen molar-refractivity contribution in [2.24, 2.45) is 0 Å². The van der Waals surface area contributed by atoms with Crippen molar-refractivity contribution in [1.82, 2.24) is 34.2 Å². The fraction of sp³-hybridized carbons (Fsp3) is 0.238. The van der Waals surface area contributed by atoms with Crippen molar-refractivity contribution in [2.75, 3.05) is 19.6 Å². The van der Waals surface area contributed by atoms with E-state index in [0.29, 0.717) is 5.56 Å². The van der Waals surface area contributed by atoms with Crippen LogP contribution in [0.5, 0.6) is 0 Å². The molecule has 170 valence electrons. The van der Waals surface area contributed by atoms with Crippen LogP contribution >= 0.6 is 0 Å². The molecule has 0 radical (unpaired) electrons. The molecule has 4 aromatic rings. The largest absolute Gasteiger partial charge is 0.357 e. The van der Waals surface area contributed by atoms with E-state index >= 15 is 0 Å². The van der Waals surface area contributed by atoms with E-state index in [-0.39, 0.29) is 47.2 Å². The maximum absolute atomic E-state index is 14.8. The first-order valence-electron chi connectivity index (χ1n) is 10.3. The summed E-state index contributed by atoms with van der Waals surface area (Å²) >= 11 is 0. The number of amides is 1. The van der Waals surface area contributed by atoms with Gasteiger partial charge in [-0.15, -0.1) is 4.80 Å². The zero-order valence-electron chi connectivity index (χ0n) is 17.6. The molecule has 0 bridgehead atoms. The lowest BCUT2D eigenvalue weighted by Crippen LogP contribution is -2.55. The van der Waals surface area contributed by atoms with E-state index in [1.165, 1.54) is 27.7 Å². The molecule has 0 unspecified atom stereocenters. The third-order valence-electron chi connectivity index (χ3n) is 5.68. The lowest BCUT2D eigenvalue weighted by atomic mass is 10.1. The highest BCUT2D eigenvalue weighted by atomic mass is 32.2. The topological polar surface area (TPSA) is 117 Å². The summed E-state index contributed by atoms with van der Waals surface area (Å²) in [6.45, 7) is 2.27. The first kappa shape index (κ1) is 21.2. The molecule has 33 heavy (non-hydrogen) atoms. The number of piperazine rings is 1. The number of aromatic amines is 1. The number of carbonyl (C=O) groups excluding carboxylic acids is 1. The van der Waals surface area contributed by atoms with E-state index in [4.69, 9.17) is 0 Å². The van der Waals surface area contributed by atoms with Gasteiger partial charge in [0.2, 0.25) is 10.0 Å². The number of pyridine rings is 1. The number of halogens is 1. The van der Waals surface area contributed by atoms with Crippen molar-refractivity contribution in [3.05, 3.63) is 66.5 Å². The maximum Gasteiger partial charge on any atom is 0.253 e. The molecule has 3 aromatic heterocycles. The van der Waals surface area contributed by atoms with Crippen LogP contribution in [0.1, 0.15) is 17.3 Å². The predicted octanol–water partition coefficient (Wildman–Crippen LogP) is 1.82. The Morgan fingerprint density at radius 3 is 2.58 bits per heavy atom. The van der Waals surface area contributed by atoms with Gasteiger partial charge >= 0.3 is 0 Å². The average Bonchev–Trinajstić information content (AvgIpc) is 3.50. The molecule has 1 aromatic carbocycles. The molecule has 5 rings (SSSR count). The third kappa shape index (κ3) is 3.56. The maximum atomic E-state index is 14.8. The summed E-state index contributed by atoms with van der Waals surface area (Å²) in [6, 6.07) is 8.34. The number of hydrogen-bond acceptors (Lipinski definition) is 6. The number of nitrogens with one attached hydrogen (secondary N) is 1. The summed E-state index contributed by atoms with van der Waals surface area (Å²) in [7, 11) is -4.07. The van der Waals surface area contributed by atoms with E-state index < -0.39 is 21.9 Å². The number of rotatable bonds is 4. The second-order valence-electron chi connectivity index (χ2n) is 7.73. The summed E-state index contributed by atoms with van der Waals surface area (Å²) in [4.78, 5) is 22.2. The number of nitrogens with zero attached hydrogens (tertiary/aromatic N) is 6. The number of hydrogen-bond donors (Lipinski definition) is 1. The van der Waals surface area contributed by atoms with Gasteiger partial charge in [0.25, 0.3) is 5.91 Å². The number of benzene rings is 1. The molecule has 0 saturated carbocycles. The Bertz CT molecular complexity index is 1420. The van der Waals surface area contributed by atoms with Crippen LogP contribution in [-0.4, -0.2) is 74.2 Å². The quantitative estimate of drug-likeness (QED) is 0.487. The van der Waals surface area contributed by atoms with E-state index in [1.807, 2.05) is 6.07 Å². The van der Waals surface area contributed by atoms with Gasteiger partial charge < -0.3 is 9.88 Å². The molecule has 12 heteroatoms. The second-order valence-corrected chi connectivity index (χ2v) is 9.59. The third-order valence-corrected chi connectivity index (χ3v) is 7.71. The van der Waals surface area contributed by atoms with Crippen LogP contribution < -0.4 is 0 Å². The number of H-pyrrole nitrogens is 1. The summed E-state index contributed by atoms with van der Waals surface area (Å²) in [5.74, 6) is -0.740. The van der Waals surface area contributed by atoms with Crippen LogP contribution in [0.3, 0.4) is 0 Å². The van der Waals surface area contributed by atoms with Crippen LogP contribution in [0.15, 0.2) is 60.0 Å². The molecule has 4 heterocycles. The van der Waals surface area contributed by atoms with Crippen molar-refractivity contribution in [1.29, 1.82) is 0 Å². The Morgan fingerprint density at radius 2 is 1.88 bits per heavy atom. The van der Waals surface area contributed by atoms with Gasteiger partial charge in [-0.3, -0.25) is 4.79 Å². The van der Waals surface area contributed by atoms with Gasteiger partial charge in [0.15, 0.2) is 11.6 Å². The molecule has 1 fully saturated rings. The molecular formula is C21H20FN7O3S. The summed E-state index contributed by atoms with van der Waals surface area (Å²) < 4.78 is 43.2. The molecule has 1 saturated heterocycles. The highest BCUT2D eigenvalue weighted by Crippen LogP contribution is 2.31. The normalized spacial score (nSPS) is 17.5. The molecule has 1 aliphatic heterocycles. The zero-order chi connectivity index (χ0) is 23.2. The Labute approximate surface area is 188 Å². The van der Waals surface area contributed by atoms with Crippen molar-refractivity contribution in [3.8, 4) is 5.82 Å². The fourth-order valence-electron chi connectivity index (χ4n) is 4.12. The standard InChI is InChI=1S/C21H20FN7O3S/c1-14-13-27(21(30)15-5-3-2-4-6-15)9-10-28(14)33(31,32)17-12-23-19-18(17)16(22)11-24-20(19)29-25-7-8-26-29/h2-8,11-12,14,23H,9-10,13H2,1H3/t14-/m1/s1. The SMILES string of the molecule is C[C@@H]1CN(C(=O)c2ccccc2)CCN1S(=O)(=O)c1c[nH]c2c(-n3nccn3)ncc(F)c12. The smallest absolute Gasteiger partial charge is 0.253 e. The molecule has 0 spiro atoms. The van der Waals surface area contributed by atoms with E-state index in [1.54, 1.807) is 36.1 Å². The fourth-order valence-corrected chi connectivity index (χ4v) is 5.90. The minimum Gasteiger partial charge on any atom is -0.357 e. The Hall–Kier alpha value is -3.64. The summed E-state index contributed by atoms with van der Waals surface area (Å²) in [5, 5.41) is 7.88. The number of carbonyl (C=O) groups is 1. The summed E-state index contributed by atoms with van der Waals surface area (Å²) in [5.41, 5.74) is 0.724. The first-order valence-corrected chi connectivity index (χ1v) is 11.7. The predicted molar refractivity (Wildman–Crippen MR) is 117 cm³/mol. The van der Waals surface area contributed by atoms with Gasteiger partial charge in [-0.1, -0.05) is 18.2 Å². The van der Waals surface area contributed by atoms with Gasteiger partial charge in [0, 0.05) is 37.4 Å². The Morgan fingerprint density at radius 1 is 1.15 bits per heavy atom. The minimum atomic E-state index is -4.07. The molecule has 10 nitrogen and oxygen atoms in total. The summed E-state index contributed by atoms with van der Waals surface area (Å²) in [6.07, 6.45) is 5.09. The Kier molecular flexibility index (Phi) is 5.17. The highest BCUT2D eigenvalue weighted by molar-refractivity contribution is 7.89.